The van der Waals surface area contributed by atoms with Gasteiger partial charge >= 0.3 is 17.8 Å². The van der Waals surface area contributed by atoms with Crippen LogP contribution in [0.2, 0.25) is 0 Å². The molecule has 0 bridgehead atoms. The third kappa shape index (κ3) is 9.42. The Morgan fingerprint density at radius 1 is 0.923 bits per heavy atom. The second-order valence-electron chi connectivity index (χ2n) is 23.0. The van der Waals surface area contributed by atoms with Gasteiger partial charge in [-0.3, -0.25) is 33.9 Å². The first-order valence-corrected chi connectivity index (χ1v) is 27.8. The van der Waals surface area contributed by atoms with Crippen LogP contribution in [-0.2, 0) is 21.4 Å². The first-order valence-electron chi connectivity index (χ1n) is 27.8. The number of benzene rings is 3. The van der Waals surface area contributed by atoms with Crippen LogP contribution < -0.4 is 20.6 Å². The zero-order valence-corrected chi connectivity index (χ0v) is 44.3. The van der Waals surface area contributed by atoms with Crippen LogP contribution in [0.3, 0.4) is 0 Å². The number of rotatable bonds is 11. The van der Waals surface area contributed by atoms with Crippen molar-refractivity contribution in [3.05, 3.63) is 88.0 Å². The number of para-hydroxylation sites is 1. The molecule has 17 nitrogen and oxygen atoms in total. The predicted molar refractivity (Wildman–Crippen MR) is 290 cm³/mol. The number of β-amino-alcohol motifs (C(OH)–C–C–N with tert-alkyl or cyclic N) is 1. The maximum absolute atomic E-state index is 17.2. The third-order valence-corrected chi connectivity index (χ3v) is 18.0. The fourth-order valence-electron chi connectivity index (χ4n) is 14.0. The zero-order valence-electron chi connectivity index (χ0n) is 44.3. The largest absolute Gasteiger partial charge is 0.461 e. The maximum atomic E-state index is 17.2. The van der Waals surface area contributed by atoms with Crippen molar-refractivity contribution in [2.24, 2.45) is 13.0 Å². The van der Waals surface area contributed by atoms with Gasteiger partial charge in [-0.1, -0.05) is 42.3 Å². The van der Waals surface area contributed by atoms with Crippen molar-refractivity contribution in [1.29, 1.82) is 0 Å². The number of fused-ring (bicyclic) bond motifs is 4. The normalized spacial score (nSPS) is 24.8. The van der Waals surface area contributed by atoms with Gasteiger partial charge in [-0.05, 0) is 132 Å². The highest BCUT2D eigenvalue weighted by Crippen LogP contribution is 2.44. The van der Waals surface area contributed by atoms with E-state index in [0.29, 0.717) is 72.4 Å². The number of aryl methyl sites for hydroxylation is 1. The van der Waals surface area contributed by atoms with Gasteiger partial charge in [0, 0.05) is 69.4 Å². The summed E-state index contributed by atoms with van der Waals surface area (Å²) in [6.45, 7) is 8.06. The Bertz CT molecular complexity index is 3470. The van der Waals surface area contributed by atoms with Crippen LogP contribution >= 0.6 is 0 Å². The van der Waals surface area contributed by atoms with E-state index >= 15 is 8.78 Å². The number of nitrogens with one attached hydrogen (secondary N) is 1. The van der Waals surface area contributed by atoms with Gasteiger partial charge in [0.05, 0.1) is 33.1 Å². The molecule has 0 radical (unpaired) electrons. The van der Waals surface area contributed by atoms with E-state index in [1.165, 1.54) is 12.3 Å². The van der Waals surface area contributed by atoms with Gasteiger partial charge in [0.2, 0.25) is 11.8 Å². The number of terminal acetylenes is 1. The zero-order chi connectivity index (χ0) is 54.0. The molecule has 4 atom stereocenters. The topological polar surface area (TPSA) is 180 Å². The number of piperidine rings is 4. The monoisotopic (exact) mass is 1060 g/mol. The number of imidazole rings is 1. The summed E-state index contributed by atoms with van der Waals surface area (Å²) in [5, 5.41) is 14.9. The van der Waals surface area contributed by atoms with Crippen molar-refractivity contribution in [2.45, 2.75) is 113 Å². The summed E-state index contributed by atoms with van der Waals surface area (Å²) in [5.41, 5.74) is 1.41. The van der Waals surface area contributed by atoms with E-state index in [1.54, 1.807) is 47.4 Å². The minimum atomic E-state index is -0.993. The fraction of sp³-hybridized carbons (Fsp3) is 0.508. The number of likely N-dealkylation sites (tertiary alicyclic amines) is 2. The summed E-state index contributed by atoms with van der Waals surface area (Å²) in [6.07, 6.45) is 16.0. The summed E-state index contributed by atoms with van der Waals surface area (Å²) in [5.74, 6) is 1.52. The van der Waals surface area contributed by atoms with Crippen LogP contribution in [0, 0.1) is 29.9 Å². The van der Waals surface area contributed by atoms with E-state index < -0.39 is 29.2 Å². The van der Waals surface area contributed by atoms with Crippen molar-refractivity contribution < 1.29 is 37.7 Å². The van der Waals surface area contributed by atoms with Crippen LogP contribution in [0.25, 0.3) is 44.0 Å². The van der Waals surface area contributed by atoms with E-state index in [1.807, 2.05) is 21.9 Å². The summed E-state index contributed by atoms with van der Waals surface area (Å²) < 4.78 is 48.1. The lowest BCUT2D eigenvalue weighted by atomic mass is 9.87. The van der Waals surface area contributed by atoms with Gasteiger partial charge in [-0.15, -0.1) is 6.42 Å². The highest BCUT2D eigenvalue weighted by atomic mass is 19.1. The molecule has 6 aliphatic heterocycles. The average Bonchev–Trinajstić information content (AvgIpc) is 4.25. The molecule has 6 aliphatic rings. The van der Waals surface area contributed by atoms with Gasteiger partial charge in [-0.2, -0.15) is 9.97 Å². The van der Waals surface area contributed by atoms with Gasteiger partial charge in [0.1, 0.15) is 42.1 Å². The molecule has 0 aliphatic carbocycles. The number of aliphatic hydroxyl groups is 1. The molecule has 3 aromatic heterocycles. The van der Waals surface area contributed by atoms with Crippen molar-refractivity contribution in [2.75, 3.05) is 70.5 Å². The molecule has 78 heavy (non-hydrogen) atoms. The van der Waals surface area contributed by atoms with Gasteiger partial charge in [0.15, 0.2) is 5.82 Å². The van der Waals surface area contributed by atoms with Gasteiger partial charge in [0.25, 0.3) is 0 Å². The third-order valence-electron chi connectivity index (χ3n) is 18.0. The quantitative estimate of drug-likeness (QED) is 0.0985. The van der Waals surface area contributed by atoms with Crippen molar-refractivity contribution in [1.82, 2.24) is 44.1 Å². The number of carbonyl (C=O) groups is 3. The first-order chi connectivity index (χ1) is 37.7. The maximum Gasteiger partial charge on any atom is 0.409 e. The Hall–Kier alpha value is -7.01. The lowest BCUT2D eigenvalue weighted by Crippen LogP contribution is -2.49. The summed E-state index contributed by atoms with van der Waals surface area (Å²) in [6, 6.07) is 13.4. The number of aromatic nitrogens is 5. The van der Waals surface area contributed by atoms with Gasteiger partial charge < -0.3 is 29.3 Å². The number of ether oxygens (including phenoxy) is 2. The van der Waals surface area contributed by atoms with E-state index in [2.05, 4.69) is 32.1 Å². The first kappa shape index (κ1) is 51.7. The molecule has 6 aromatic rings. The van der Waals surface area contributed by atoms with Crippen LogP contribution in [0.1, 0.15) is 107 Å². The molecule has 3 amide bonds. The van der Waals surface area contributed by atoms with Crippen LogP contribution in [0.4, 0.5) is 19.4 Å². The molecule has 9 heterocycles. The highest BCUT2D eigenvalue weighted by molar-refractivity contribution is 6.02. The Kier molecular flexibility index (Phi) is 13.7. The lowest BCUT2D eigenvalue weighted by Gasteiger charge is -2.38. The number of amides is 3. The van der Waals surface area contributed by atoms with Crippen molar-refractivity contribution >= 4 is 56.4 Å². The van der Waals surface area contributed by atoms with E-state index in [9.17, 15) is 24.3 Å². The number of imide groups is 1. The predicted octanol–water partition coefficient (Wildman–Crippen LogP) is 7.19. The number of hydrogen-bond donors (Lipinski definition) is 2. The molecule has 6 saturated heterocycles. The van der Waals surface area contributed by atoms with Crippen LogP contribution in [-0.4, -0.2) is 145 Å². The second-order valence-corrected chi connectivity index (χ2v) is 23.0. The number of carbonyl (C=O) groups excluding carboxylic acids is 3. The molecule has 12 rings (SSSR count). The molecule has 0 saturated carbocycles. The molecule has 2 N–H and O–H groups in total. The van der Waals surface area contributed by atoms with Crippen LogP contribution in [0.5, 0.6) is 6.01 Å². The molecular formula is C59H66F2N10O7. The minimum Gasteiger partial charge on any atom is -0.461 e. The molecule has 19 heteroatoms. The summed E-state index contributed by atoms with van der Waals surface area (Å²) >= 11 is 0. The van der Waals surface area contributed by atoms with E-state index in [4.69, 9.17) is 25.9 Å². The minimum absolute atomic E-state index is 0.000497. The summed E-state index contributed by atoms with van der Waals surface area (Å²) in [7, 11) is 1.76. The van der Waals surface area contributed by atoms with Crippen molar-refractivity contribution in [3.8, 4) is 29.6 Å². The molecule has 1 unspecified atom stereocenters. The standard InChI is InChI=1S/C59H66F2N10O7/c1-4-40-44(60)14-13-38-9-5-11-42(48(38)40)50-49(61)51-43(31-62-50)53(69-25-7-22-58(2,76)34-69)65-55(64-51)78-35-59-23-8-26-70(59)39(17-24-59)33-77-57(75)68-29-18-36(19-30-68)32-67-27-20-37(21-28-67)41-10-6-12-45-52(41)66(3)56(74)71(45)46-15-16-47(72)63-54(46)73/h1,5-6,9-14,31,36-37,39,46,76H,7-8,15-30,32-35H2,2-3H3,(H,63,72,73)/t39-,46?,58+,59-/m0/s1. The lowest BCUT2D eigenvalue weighted by molar-refractivity contribution is -0.135. The fourth-order valence-corrected chi connectivity index (χ4v) is 14.0. The SMILES string of the molecule is C#Cc1c(F)ccc2cccc(-c3ncc4c(N5CCC[C@@](C)(O)C5)nc(OC[C@@]56CCCN5[C@H](COC(=O)N5CCC(CN7CCC(c8cccc9c8n(C)c(=O)n9C8CCC(=O)NC8=O)CC7)CC5)CC6)nc4c3F)c12. The van der Waals surface area contributed by atoms with E-state index in [0.717, 1.165) is 94.1 Å². The Labute approximate surface area is 450 Å². The number of halogens is 2. The van der Waals surface area contributed by atoms with E-state index in [-0.39, 0.29) is 84.2 Å². The van der Waals surface area contributed by atoms with Gasteiger partial charge in [-0.25, -0.2) is 18.4 Å². The smallest absolute Gasteiger partial charge is 0.409 e. The number of nitrogens with zero attached hydrogens (tertiary/aromatic N) is 9. The Morgan fingerprint density at radius 3 is 2.50 bits per heavy atom. The van der Waals surface area contributed by atoms with Crippen molar-refractivity contribution in [3.63, 3.8) is 0 Å². The molecule has 6 fully saturated rings. The number of pyridine rings is 1. The molecule has 408 valence electrons. The second kappa shape index (κ2) is 20.7. The number of anilines is 1. The number of hydrogen-bond acceptors (Lipinski definition) is 13. The molecule has 0 spiro atoms. The average molecular weight is 1070 g/mol. The molecule has 3 aromatic carbocycles. The Morgan fingerprint density at radius 2 is 1.72 bits per heavy atom. The van der Waals surface area contributed by atoms with Crippen LogP contribution in [0.15, 0.2) is 59.5 Å². The Balaban J connectivity index is 0.667. The highest BCUT2D eigenvalue weighted by Gasteiger charge is 2.50. The summed E-state index contributed by atoms with van der Waals surface area (Å²) in [4.78, 5) is 74.7. The molecular weight excluding hydrogens is 999 g/mol.